The summed E-state index contributed by atoms with van der Waals surface area (Å²) in [5.74, 6) is -1.16. The van der Waals surface area contributed by atoms with E-state index in [0.717, 1.165) is 0 Å². The molecule has 0 saturated heterocycles. The number of nitrogens with zero attached hydrogens (tertiary/aromatic N) is 1. The maximum Gasteiger partial charge on any atom is 0.304 e. The Labute approximate surface area is 99.3 Å². The van der Waals surface area contributed by atoms with Crippen molar-refractivity contribution in [1.82, 2.24) is 14.9 Å². The fourth-order valence-corrected chi connectivity index (χ4v) is 2.54. The summed E-state index contributed by atoms with van der Waals surface area (Å²) in [5.41, 5.74) is 0. The van der Waals surface area contributed by atoms with E-state index in [1.165, 1.54) is 12.4 Å². The Bertz CT molecular complexity index is 466. The fourth-order valence-electron chi connectivity index (χ4n) is 1.25. The molecular formula is C9H15N3O4S. The molecule has 0 aliphatic carbocycles. The number of aliphatic carboxylic acids is 1. The molecule has 0 saturated carbocycles. The van der Waals surface area contributed by atoms with Crippen molar-refractivity contribution in [3.05, 3.63) is 12.4 Å². The van der Waals surface area contributed by atoms with Crippen molar-refractivity contribution in [3.63, 3.8) is 0 Å². The van der Waals surface area contributed by atoms with Crippen LogP contribution in [0.1, 0.15) is 20.3 Å². The van der Waals surface area contributed by atoms with Crippen molar-refractivity contribution in [2.45, 2.75) is 31.2 Å². The van der Waals surface area contributed by atoms with Gasteiger partial charge in [0.2, 0.25) is 10.0 Å². The first-order valence-electron chi connectivity index (χ1n) is 5.06. The average molecular weight is 261 g/mol. The number of carbonyl (C=O) groups is 1. The van der Waals surface area contributed by atoms with Crippen molar-refractivity contribution >= 4 is 16.0 Å². The van der Waals surface area contributed by atoms with Crippen LogP contribution in [0.15, 0.2) is 17.3 Å². The normalized spacial score (nSPS) is 13.8. The van der Waals surface area contributed by atoms with E-state index in [9.17, 15) is 13.2 Å². The highest BCUT2D eigenvalue weighted by Crippen LogP contribution is 2.12. The first kappa shape index (κ1) is 13.7. The summed E-state index contributed by atoms with van der Waals surface area (Å²) in [7, 11) is -3.71. The van der Waals surface area contributed by atoms with Gasteiger partial charge in [0.15, 0.2) is 0 Å². The first-order valence-corrected chi connectivity index (χ1v) is 6.54. The second-order valence-electron chi connectivity index (χ2n) is 4.00. The van der Waals surface area contributed by atoms with Gasteiger partial charge in [0, 0.05) is 12.2 Å². The summed E-state index contributed by atoms with van der Waals surface area (Å²) in [4.78, 5) is 10.6. The third kappa shape index (κ3) is 3.82. The van der Waals surface area contributed by atoms with Crippen molar-refractivity contribution in [3.8, 4) is 0 Å². The van der Waals surface area contributed by atoms with Crippen LogP contribution < -0.4 is 4.72 Å². The highest BCUT2D eigenvalue weighted by molar-refractivity contribution is 7.89. The molecule has 0 aliphatic rings. The van der Waals surface area contributed by atoms with Gasteiger partial charge in [0.05, 0.1) is 12.6 Å². The van der Waals surface area contributed by atoms with Crippen molar-refractivity contribution in [2.24, 2.45) is 5.92 Å². The van der Waals surface area contributed by atoms with Crippen LogP contribution in [-0.2, 0) is 14.8 Å². The Morgan fingerprint density at radius 3 is 2.65 bits per heavy atom. The lowest BCUT2D eigenvalue weighted by molar-refractivity contribution is -0.137. The number of carboxylic acid groups (broad SMARTS) is 1. The van der Waals surface area contributed by atoms with E-state index in [0.29, 0.717) is 0 Å². The summed E-state index contributed by atoms with van der Waals surface area (Å²) < 4.78 is 26.0. The minimum absolute atomic E-state index is 0.00598. The summed E-state index contributed by atoms with van der Waals surface area (Å²) in [6.45, 7) is 3.51. The SMILES string of the molecule is CC(C)C(CC(=O)O)NS(=O)(=O)c1cn[nH]c1. The third-order valence-electron chi connectivity index (χ3n) is 2.29. The van der Waals surface area contributed by atoms with Crippen LogP contribution in [0.3, 0.4) is 0 Å². The van der Waals surface area contributed by atoms with Crippen LogP contribution in [0, 0.1) is 5.92 Å². The lowest BCUT2D eigenvalue weighted by Crippen LogP contribution is -2.39. The molecule has 0 fully saturated rings. The molecule has 0 aromatic carbocycles. The van der Waals surface area contributed by atoms with Crippen LogP contribution in [0.2, 0.25) is 0 Å². The smallest absolute Gasteiger partial charge is 0.304 e. The van der Waals surface area contributed by atoms with Crippen LogP contribution >= 0.6 is 0 Å². The number of sulfonamides is 1. The van der Waals surface area contributed by atoms with Crippen molar-refractivity contribution in [2.75, 3.05) is 0 Å². The Morgan fingerprint density at radius 1 is 1.59 bits per heavy atom. The molecule has 1 heterocycles. The van der Waals surface area contributed by atoms with Crippen LogP contribution in [0.5, 0.6) is 0 Å². The minimum Gasteiger partial charge on any atom is -0.481 e. The molecule has 0 aliphatic heterocycles. The van der Waals surface area contributed by atoms with E-state index >= 15 is 0 Å². The molecule has 1 aromatic heterocycles. The molecule has 0 spiro atoms. The molecular weight excluding hydrogens is 246 g/mol. The highest BCUT2D eigenvalue weighted by atomic mass is 32.2. The molecule has 1 aromatic rings. The minimum atomic E-state index is -3.71. The molecule has 3 N–H and O–H groups in total. The molecule has 8 heteroatoms. The Kier molecular flexibility index (Phi) is 4.24. The third-order valence-corrected chi connectivity index (χ3v) is 3.75. The van der Waals surface area contributed by atoms with Gasteiger partial charge in [-0.1, -0.05) is 13.8 Å². The van der Waals surface area contributed by atoms with Gasteiger partial charge in [0.1, 0.15) is 4.90 Å². The molecule has 1 atom stereocenters. The maximum absolute atomic E-state index is 11.8. The molecule has 1 rings (SSSR count). The zero-order valence-corrected chi connectivity index (χ0v) is 10.4. The van der Waals surface area contributed by atoms with Crippen LogP contribution in [-0.4, -0.2) is 35.7 Å². The summed E-state index contributed by atoms with van der Waals surface area (Å²) in [6.07, 6.45) is 2.15. The molecule has 7 nitrogen and oxygen atoms in total. The number of hydrogen-bond donors (Lipinski definition) is 3. The van der Waals surface area contributed by atoms with E-state index < -0.39 is 22.0 Å². The van der Waals surface area contributed by atoms with Gasteiger partial charge in [-0.05, 0) is 5.92 Å². The van der Waals surface area contributed by atoms with Gasteiger partial charge in [-0.25, -0.2) is 13.1 Å². The zero-order valence-electron chi connectivity index (χ0n) is 9.54. The Morgan fingerprint density at radius 2 is 2.24 bits per heavy atom. The van der Waals surface area contributed by atoms with Gasteiger partial charge < -0.3 is 5.11 Å². The van der Waals surface area contributed by atoms with Gasteiger partial charge >= 0.3 is 5.97 Å². The van der Waals surface area contributed by atoms with E-state index in [1.54, 1.807) is 13.8 Å². The standard InChI is InChI=1S/C9H15N3O4S/c1-6(2)8(3-9(13)14)12-17(15,16)7-4-10-11-5-7/h4-6,8,12H,3H2,1-2H3,(H,10,11)(H,13,14). The summed E-state index contributed by atoms with van der Waals surface area (Å²) in [6, 6.07) is -0.646. The number of nitrogens with one attached hydrogen (secondary N) is 2. The number of H-pyrrole nitrogens is 1. The first-order chi connectivity index (χ1) is 7.83. The largest absolute Gasteiger partial charge is 0.481 e. The topological polar surface area (TPSA) is 112 Å². The van der Waals surface area contributed by atoms with E-state index in [-0.39, 0.29) is 17.2 Å². The molecule has 0 bridgehead atoms. The Balaban J connectivity index is 2.84. The van der Waals surface area contributed by atoms with Gasteiger partial charge in [0.25, 0.3) is 0 Å². The highest BCUT2D eigenvalue weighted by Gasteiger charge is 2.24. The second-order valence-corrected chi connectivity index (χ2v) is 5.72. The number of aromatic amines is 1. The molecule has 0 amide bonds. The monoisotopic (exact) mass is 261 g/mol. The lowest BCUT2D eigenvalue weighted by atomic mass is 10.0. The number of carboxylic acids is 1. The maximum atomic E-state index is 11.8. The lowest BCUT2D eigenvalue weighted by Gasteiger charge is -2.19. The molecule has 1 unspecified atom stereocenters. The zero-order chi connectivity index (χ0) is 13.1. The molecule has 17 heavy (non-hydrogen) atoms. The van der Waals surface area contributed by atoms with E-state index in [2.05, 4.69) is 14.9 Å². The number of hydrogen-bond acceptors (Lipinski definition) is 4. The van der Waals surface area contributed by atoms with Crippen molar-refractivity contribution in [1.29, 1.82) is 0 Å². The predicted octanol–water partition coefficient (Wildman–Crippen LogP) is 0.187. The van der Waals surface area contributed by atoms with Crippen molar-refractivity contribution < 1.29 is 18.3 Å². The Hall–Kier alpha value is -1.41. The van der Waals surface area contributed by atoms with E-state index in [1.807, 2.05) is 0 Å². The number of rotatable bonds is 6. The second kappa shape index (κ2) is 5.28. The van der Waals surface area contributed by atoms with Gasteiger partial charge in [-0.3, -0.25) is 9.89 Å². The van der Waals surface area contributed by atoms with Gasteiger partial charge in [-0.15, -0.1) is 0 Å². The molecule has 96 valence electrons. The average Bonchev–Trinajstić information content (AvgIpc) is 2.68. The summed E-state index contributed by atoms with van der Waals surface area (Å²) >= 11 is 0. The quantitative estimate of drug-likeness (QED) is 0.676. The fraction of sp³-hybridized carbons (Fsp3) is 0.556. The number of aromatic nitrogens is 2. The van der Waals surface area contributed by atoms with Crippen LogP contribution in [0.4, 0.5) is 0 Å². The van der Waals surface area contributed by atoms with Gasteiger partial charge in [-0.2, -0.15) is 5.10 Å². The molecule has 0 radical (unpaired) electrons. The predicted molar refractivity (Wildman–Crippen MR) is 59.8 cm³/mol. The van der Waals surface area contributed by atoms with Crippen LogP contribution in [0.25, 0.3) is 0 Å². The van der Waals surface area contributed by atoms with E-state index in [4.69, 9.17) is 5.11 Å². The summed E-state index contributed by atoms with van der Waals surface area (Å²) in [5, 5.41) is 14.6.